The van der Waals surface area contributed by atoms with E-state index < -0.39 is 15.9 Å². The van der Waals surface area contributed by atoms with Crippen molar-refractivity contribution in [1.29, 1.82) is 5.26 Å². The van der Waals surface area contributed by atoms with Gasteiger partial charge in [-0.2, -0.15) is 9.57 Å². The number of carbonyl (C=O) groups excluding carboxylic acids is 1. The monoisotopic (exact) mass is 503 g/mol. The molecule has 33 heavy (non-hydrogen) atoms. The number of furan rings is 1. The van der Waals surface area contributed by atoms with Gasteiger partial charge in [0.25, 0.3) is 5.91 Å². The van der Waals surface area contributed by atoms with E-state index in [2.05, 4.69) is 0 Å². The first kappa shape index (κ1) is 24.6. The minimum atomic E-state index is -3.91. The van der Waals surface area contributed by atoms with Gasteiger partial charge in [0.1, 0.15) is 23.2 Å². The van der Waals surface area contributed by atoms with Crippen LogP contribution in [0.4, 0.5) is 0 Å². The highest BCUT2D eigenvalue weighted by Crippen LogP contribution is 2.27. The highest BCUT2D eigenvalue weighted by atomic mass is 35.5. The lowest BCUT2D eigenvalue weighted by molar-refractivity contribution is -0.114. The summed E-state index contributed by atoms with van der Waals surface area (Å²) in [6.07, 6.45) is 1.20. The number of nitrogens with zero attached hydrogens (tertiary/aromatic N) is 2. The van der Waals surface area contributed by atoms with Gasteiger partial charge in [0.05, 0.1) is 21.5 Å². The van der Waals surface area contributed by atoms with E-state index in [1.165, 1.54) is 28.6 Å². The lowest BCUT2D eigenvalue weighted by atomic mass is 10.2. The van der Waals surface area contributed by atoms with E-state index in [4.69, 9.17) is 38.6 Å². The van der Waals surface area contributed by atoms with E-state index in [1.54, 1.807) is 42.5 Å². The molecular formula is C23H19Cl2N3O4S. The van der Waals surface area contributed by atoms with Crippen molar-refractivity contribution >= 4 is 45.2 Å². The van der Waals surface area contributed by atoms with Crippen LogP contribution in [-0.2, 0) is 27.9 Å². The average Bonchev–Trinajstić information content (AvgIpc) is 3.21. The summed E-state index contributed by atoms with van der Waals surface area (Å²) in [6, 6.07) is 16.2. The molecule has 1 heterocycles. The number of sulfonamides is 1. The molecule has 3 aromatic rings. The second-order valence-corrected chi connectivity index (χ2v) is 9.93. The number of nitrogens with two attached hydrogens (primary N) is 1. The van der Waals surface area contributed by atoms with Gasteiger partial charge >= 0.3 is 0 Å². The zero-order valence-electron chi connectivity index (χ0n) is 17.5. The highest BCUT2D eigenvalue weighted by Gasteiger charge is 2.26. The van der Waals surface area contributed by atoms with Crippen molar-refractivity contribution in [3.63, 3.8) is 0 Å². The summed E-state index contributed by atoms with van der Waals surface area (Å²) in [5.41, 5.74) is 6.42. The van der Waals surface area contributed by atoms with E-state index in [1.807, 2.05) is 6.92 Å². The molecule has 2 aromatic carbocycles. The summed E-state index contributed by atoms with van der Waals surface area (Å²) in [5.74, 6) is -0.389. The van der Waals surface area contributed by atoms with Crippen LogP contribution in [-0.4, -0.2) is 18.6 Å². The predicted molar refractivity (Wildman–Crippen MR) is 126 cm³/mol. The number of benzene rings is 2. The molecule has 0 unspecified atom stereocenters. The Labute approximate surface area is 201 Å². The van der Waals surface area contributed by atoms with Crippen molar-refractivity contribution in [3.05, 3.63) is 92.9 Å². The number of carbonyl (C=O) groups is 1. The third-order valence-electron chi connectivity index (χ3n) is 4.69. The smallest absolute Gasteiger partial charge is 0.259 e. The molecule has 0 bridgehead atoms. The molecule has 0 saturated carbocycles. The van der Waals surface area contributed by atoms with Crippen molar-refractivity contribution in [2.75, 3.05) is 0 Å². The van der Waals surface area contributed by atoms with Gasteiger partial charge in [-0.25, -0.2) is 8.42 Å². The zero-order valence-corrected chi connectivity index (χ0v) is 19.8. The molecule has 0 radical (unpaired) electrons. The lowest BCUT2D eigenvalue weighted by Crippen LogP contribution is -2.30. The van der Waals surface area contributed by atoms with Gasteiger partial charge in [-0.15, -0.1) is 0 Å². The molecule has 0 spiro atoms. The van der Waals surface area contributed by atoms with E-state index in [9.17, 15) is 13.2 Å². The van der Waals surface area contributed by atoms with Crippen LogP contribution in [0.1, 0.15) is 22.6 Å². The maximum Gasteiger partial charge on any atom is 0.259 e. The number of halogens is 2. The van der Waals surface area contributed by atoms with Crippen molar-refractivity contribution < 1.29 is 17.6 Å². The van der Waals surface area contributed by atoms with Gasteiger partial charge in [0.15, 0.2) is 0 Å². The standard InChI is InChI=1S/C23H19Cl2N3O4S/c1-15-2-7-20(8-3-15)33(30,31)28(13-16-4-9-21(24)22(25)10-16)14-19-6-5-18(32-19)11-17(12-26)23(27)29/h2-11H,13-14H2,1H3,(H2,27,29)/b17-11-. The molecule has 0 atom stereocenters. The largest absolute Gasteiger partial charge is 0.460 e. The van der Waals surface area contributed by atoms with Crippen molar-refractivity contribution in [2.24, 2.45) is 5.73 Å². The molecule has 0 aliphatic rings. The first-order valence-corrected chi connectivity index (χ1v) is 11.8. The molecule has 170 valence electrons. The molecule has 2 N–H and O–H groups in total. The van der Waals surface area contributed by atoms with E-state index >= 15 is 0 Å². The number of hydrogen-bond donors (Lipinski definition) is 1. The van der Waals surface area contributed by atoms with Crippen LogP contribution < -0.4 is 5.73 Å². The molecule has 10 heteroatoms. The van der Waals surface area contributed by atoms with Gasteiger partial charge in [-0.3, -0.25) is 4.79 Å². The normalized spacial score (nSPS) is 12.0. The van der Waals surface area contributed by atoms with Gasteiger partial charge in [-0.05, 0) is 48.9 Å². The zero-order chi connectivity index (χ0) is 24.2. The number of amides is 1. The van der Waals surface area contributed by atoms with Crippen LogP contribution in [0.25, 0.3) is 6.08 Å². The van der Waals surface area contributed by atoms with Crippen LogP contribution >= 0.6 is 23.2 Å². The Hall–Kier alpha value is -3.09. The van der Waals surface area contributed by atoms with Crippen LogP contribution in [0, 0.1) is 18.3 Å². The summed E-state index contributed by atoms with van der Waals surface area (Å²) < 4.78 is 33.7. The van der Waals surface area contributed by atoms with E-state index in [0.717, 1.165) is 5.56 Å². The molecule has 3 rings (SSSR count). The Morgan fingerprint density at radius 1 is 1.09 bits per heavy atom. The van der Waals surface area contributed by atoms with Crippen LogP contribution in [0.15, 0.2) is 69.5 Å². The summed E-state index contributed by atoms with van der Waals surface area (Å²) in [4.78, 5) is 11.4. The molecule has 0 saturated heterocycles. The molecule has 1 amide bonds. The van der Waals surface area contributed by atoms with Crippen LogP contribution in [0.3, 0.4) is 0 Å². The van der Waals surface area contributed by atoms with Gasteiger partial charge in [0.2, 0.25) is 10.0 Å². The Morgan fingerprint density at radius 2 is 1.79 bits per heavy atom. The number of hydrogen-bond acceptors (Lipinski definition) is 5. The Kier molecular flexibility index (Phi) is 7.61. The summed E-state index contributed by atoms with van der Waals surface area (Å²) in [7, 11) is -3.91. The predicted octanol–water partition coefficient (Wildman–Crippen LogP) is 4.68. The van der Waals surface area contributed by atoms with E-state index in [-0.39, 0.29) is 29.3 Å². The molecular weight excluding hydrogens is 485 g/mol. The molecule has 0 aliphatic heterocycles. The third kappa shape index (κ3) is 6.03. The topological polar surface area (TPSA) is 117 Å². The minimum Gasteiger partial charge on any atom is -0.460 e. The van der Waals surface area contributed by atoms with Gasteiger partial charge in [0, 0.05) is 12.6 Å². The summed E-state index contributed by atoms with van der Waals surface area (Å²) >= 11 is 12.1. The molecule has 1 aromatic heterocycles. The Bertz CT molecular complexity index is 1360. The third-order valence-corrected chi connectivity index (χ3v) is 7.23. The first-order chi connectivity index (χ1) is 15.6. The molecule has 0 aliphatic carbocycles. The van der Waals surface area contributed by atoms with E-state index in [0.29, 0.717) is 21.4 Å². The van der Waals surface area contributed by atoms with Crippen molar-refractivity contribution in [1.82, 2.24) is 4.31 Å². The minimum absolute atomic E-state index is 0.00367. The summed E-state index contributed by atoms with van der Waals surface area (Å²) in [5, 5.41) is 9.67. The second-order valence-electron chi connectivity index (χ2n) is 7.17. The number of nitriles is 1. The fourth-order valence-corrected chi connectivity index (χ4v) is 4.67. The fourth-order valence-electron chi connectivity index (χ4n) is 2.96. The van der Waals surface area contributed by atoms with Crippen molar-refractivity contribution in [3.8, 4) is 6.07 Å². The SMILES string of the molecule is Cc1ccc(S(=O)(=O)N(Cc2ccc(Cl)c(Cl)c2)Cc2ccc(/C=C(/C#N)C(N)=O)o2)cc1. The van der Waals surface area contributed by atoms with Crippen LogP contribution in [0.2, 0.25) is 10.0 Å². The highest BCUT2D eigenvalue weighted by molar-refractivity contribution is 7.89. The van der Waals surface area contributed by atoms with Gasteiger partial charge < -0.3 is 10.2 Å². The van der Waals surface area contributed by atoms with Gasteiger partial charge in [-0.1, -0.05) is 47.0 Å². The molecule has 0 fully saturated rings. The lowest BCUT2D eigenvalue weighted by Gasteiger charge is -2.22. The first-order valence-electron chi connectivity index (χ1n) is 9.61. The van der Waals surface area contributed by atoms with Crippen LogP contribution in [0.5, 0.6) is 0 Å². The van der Waals surface area contributed by atoms with Crippen molar-refractivity contribution in [2.45, 2.75) is 24.9 Å². The Balaban J connectivity index is 1.97. The molecule has 7 nitrogen and oxygen atoms in total. The second kappa shape index (κ2) is 10.2. The fraction of sp³-hybridized carbons (Fsp3) is 0.130. The number of rotatable bonds is 8. The quantitative estimate of drug-likeness (QED) is 0.353. The average molecular weight is 504 g/mol. The Morgan fingerprint density at radius 3 is 2.39 bits per heavy atom. The number of primary amides is 1. The summed E-state index contributed by atoms with van der Waals surface area (Å²) in [6.45, 7) is 1.76. The maximum absolute atomic E-state index is 13.4. The maximum atomic E-state index is 13.4. The number of aryl methyl sites for hydroxylation is 1.